The molecule has 0 saturated heterocycles. The highest BCUT2D eigenvalue weighted by atomic mass is 79.9. The largest absolute Gasteiger partial charge is 0.398 e. The summed E-state index contributed by atoms with van der Waals surface area (Å²) >= 11 is 5.17. The van der Waals surface area contributed by atoms with E-state index in [4.69, 9.17) is 10.7 Å². The first-order valence-corrected chi connectivity index (χ1v) is 8.16. The van der Waals surface area contributed by atoms with Gasteiger partial charge in [0.1, 0.15) is 5.01 Å². The van der Waals surface area contributed by atoms with Gasteiger partial charge in [0.05, 0.1) is 10.2 Å². The number of anilines is 1. The number of thiazole rings is 1. The molecule has 4 rings (SSSR count). The zero-order valence-electron chi connectivity index (χ0n) is 11.0. The third kappa shape index (κ3) is 2.20. The van der Waals surface area contributed by atoms with Gasteiger partial charge >= 0.3 is 0 Å². The van der Waals surface area contributed by atoms with Crippen molar-refractivity contribution in [3.63, 3.8) is 0 Å². The molecule has 0 fully saturated rings. The Morgan fingerprint density at radius 3 is 2.52 bits per heavy atom. The molecule has 3 aromatic carbocycles. The van der Waals surface area contributed by atoms with Crippen LogP contribution in [-0.2, 0) is 0 Å². The number of nitrogens with two attached hydrogens (primary N) is 1. The van der Waals surface area contributed by atoms with E-state index in [9.17, 15) is 0 Å². The number of nitrogen functional groups attached to an aromatic ring is 1. The highest BCUT2D eigenvalue weighted by molar-refractivity contribution is 9.10. The molecule has 0 aliphatic heterocycles. The van der Waals surface area contributed by atoms with Gasteiger partial charge in [0.2, 0.25) is 0 Å². The Bertz CT molecular complexity index is 975. The van der Waals surface area contributed by atoms with Crippen LogP contribution in [-0.4, -0.2) is 4.98 Å². The van der Waals surface area contributed by atoms with Crippen LogP contribution in [0.15, 0.2) is 59.1 Å². The SMILES string of the molecule is Nc1cc2ccccc2cc1-c1nc2ccc(Br)cc2s1. The van der Waals surface area contributed by atoms with Crippen LogP contribution in [0.2, 0.25) is 0 Å². The van der Waals surface area contributed by atoms with E-state index in [0.29, 0.717) is 0 Å². The summed E-state index contributed by atoms with van der Waals surface area (Å²) in [6.07, 6.45) is 0. The van der Waals surface area contributed by atoms with Crippen molar-refractivity contribution < 1.29 is 0 Å². The minimum atomic E-state index is 0.770. The summed E-state index contributed by atoms with van der Waals surface area (Å²) in [6.45, 7) is 0. The van der Waals surface area contributed by atoms with Crippen LogP contribution >= 0.6 is 27.3 Å². The highest BCUT2D eigenvalue weighted by Gasteiger charge is 2.10. The molecule has 21 heavy (non-hydrogen) atoms. The summed E-state index contributed by atoms with van der Waals surface area (Å²) in [6, 6.07) is 18.5. The van der Waals surface area contributed by atoms with E-state index in [1.807, 2.05) is 30.3 Å². The molecule has 0 aliphatic rings. The summed E-state index contributed by atoms with van der Waals surface area (Å²) in [5.41, 5.74) is 9.01. The first-order valence-electron chi connectivity index (χ1n) is 6.55. The van der Waals surface area contributed by atoms with Crippen molar-refractivity contribution in [3.8, 4) is 10.6 Å². The molecule has 2 N–H and O–H groups in total. The molecule has 102 valence electrons. The van der Waals surface area contributed by atoms with Crippen LogP contribution in [0, 0.1) is 0 Å². The van der Waals surface area contributed by atoms with Crippen molar-refractivity contribution in [1.29, 1.82) is 0 Å². The van der Waals surface area contributed by atoms with Gasteiger partial charge in [-0.25, -0.2) is 4.98 Å². The van der Waals surface area contributed by atoms with Crippen LogP contribution < -0.4 is 5.73 Å². The predicted octanol–water partition coefficient (Wildman–Crippen LogP) is 5.46. The third-order valence-electron chi connectivity index (χ3n) is 3.50. The van der Waals surface area contributed by atoms with E-state index < -0.39 is 0 Å². The number of hydrogen-bond acceptors (Lipinski definition) is 3. The van der Waals surface area contributed by atoms with E-state index in [1.165, 1.54) is 5.39 Å². The topological polar surface area (TPSA) is 38.9 Å². The number of halogens is 1. The molecule has 0 aliphatic carbocycles. The van der Waals surface area contributed by atoms with Crippen LogP contribution in [0.5, 0.6) is 0 Å². The first-order chi connectivity index (χ1) is 10.2. The Morgan fingerprint density at radius 1 is 0.952 bits per heavy atom. The van der Waals surface area contributed by atoms with Crippen LogP contribution in [0.4, 0.5) is 5.69 Å². The summed E-state index contributed by atoms with van der Waals surface area (Å²) < 4.78 is 2.23. The van der Waals surface area contributed by atoms with Crippen LogP contribution in [0.1, 0.15) is 0 Å². The molecule has 4 aromatic rings. The summed E-state index contributed by atoms with van der Waals surface area (Å²) in [5, 5.41) is 3.30. The molecule has 0 spiro atoms. The fraction of sp³-hybridized carbons (Fsp3) is 0. The molecule has 1 heterocycles. The minimum absolute atomic E-state index is 0.770. The molecule has 0 bridgehead atoms. The van der Waals surface area contributed by atoms with Crippen molar-refractivity contribution in [3.05, 3.63) is 59.1 Å². The highest BCUT2D eigenvalue weighted by Crippen LogP contribution is 2.36. The normalized spacial score (nSPS) is 11.3. The lowest BCUT2D eigenvalue weighted by molar-refractivity contribution is 1.48. The monoisotopic (exact) mass is 354 g/mol. The lowest BCUT2D eigenvalue weighted by Crippen LogP contribution is -1.90. The van der Waals surface area contributed by atoms with Gasteiger partial charge in [-0.2, -0.15) is 0 Å². The minimum Gasteiger partial charge on any atom is -0.398 e. The predicted molar refractivity (Wildman–Crippen MR) is 94.7 cm³/mol. The lowest BCUT2D eigenvalue weighted by Gasteiger charge is -2.05. The fourth-order valence-corrected chi connectivity index (χ4v) is 4.01. The maximum absolute atomic E-state index is 6.23. The molecular formula is C17H11BrN2S. The number of hydrogen-bond donors (Lipinski definition) is 1. The van der Waals surface area contributed by atoms with E-state index >= 15 is 0 Å². The number of aromatic nitrogens is 1. The van der Waals surface area contributed by atoms with Gasteiger partial charge in [-0.3, -0.25) is 0 Å². The summed E-state index contributed by atoms with van der Waals surface area (Å²) in [4.78, 5) is 4.71. The zero-order chi connectivity index (χ0) is 14.4. The van der Waals surface area contributed by atoms with Crippen molar-refractivity contribution in [1.82, 2.24) is 4.98 Å². The van der Waals surface area contributed by atoms with Gasteiger partial charge in [-0.15, -0.1) is 11.3 Å². The maximum atomic E-state index is 6.23. The molecule has 1 aromatic heterocycles. The van der Waals surface area contributed by atoms with Gasteiger partial charge in [0.15, 0.2) is 0 Å². The van der Waals surface area contributed by atoms with Crippen LogP contribution in [0.25, 0.3) is 31.6 Å². The van der Waals surface area contributed by atoms with E-state index in [0.717, 1.165) is 36.3 Å². The van der Waals surface area contributed by atoms with Gasteiger partial charge in [-0.1, -0.05) is 40.2 Å². The smallest absolute Gasteiger partial charge is 0.126 e. The van der Waals surface area contributed by atoms with Gasteiger partial charge in [-0.05, 0) is 41.1 Å². The molecule has 4 heteroatoms. The molecule has 0 amide bonds. The average molecular weight is 355 g/mol. The molecule has 0 saturated carbocycles. The van der Waals surface area contributed by atoms with Crippen LogP contribution in [0.3, 0.4) is 0 Å². The zero-order valence-corrected chi connectivity index (χ0v) is 13.4. The van der Waals surface area contributed by atoms with E-state index in [-0.39, 0.29) is 0 Å². The van der Waals surface area contributed by atoms with Crippen molar-refractivity contribution in [2.45, 2.75) is 0 Å². The van der Waals surface area contributed by atoms with Crippen molar-refractivity contribution in [2.75, 3.05) is 5.73 Å². The second-order valence-electron chi connectivity index (χ2n) is 4.92. The Kier molecular flexibility index (Phi) is 2.94. The molecule has 2 nitrogen and oxygen atoms in total. The number of fused-ring (bicyclic) bond motifs is 2. The Labute approximate surface area is 134 Å². The van der Waals surface area contributed by atoms with Gasteiger partial charge in [0, 0.05) is 15.7 Å². The molecule has 0 radical (unpaired) electrons. The Hall–Kier alpha value is -1.91. The number of benzene rings is 3. The Balaban J connectivity index is 1.96. The molecule has 0 atom stereocenters. The summed E-state index contributed by atoms with van der Waals surface area (Å²) in [5.74, 6) is 0. The third-order valence-corrected chi connectivity index (χ3v) is 5.04. The number of nitrogens with zero attached hydrogens (tertiary/aromatic N) is 1. The first kappa shape index (κ1) is 12.8. The molecule has 0 unspecified atom stereocenters. The average Bonchev–Trinajstić information content (AvgIpc) is 2.89. The van der Waals surface area contributed by atoms with Gasteiger partial charge in [0.25, 0.3) is 0 Å². The van der Waals surface area contributed by atoms with E-state index in [1.54, 1.807) is 11.3 Å². The standard InChI is InChI=1S/C17H11BrN2S/c18-12-5-6-15-16(9-12)21-17(20-15)13-7-10-3-1-2-4-11(10)8-14(13)19/h1-9H,19H2. The molecular weight excluding hydrogens is 344 g/mol. The van der Waals surface area contributed by atoms with Gasteiger partial charge < -0.3 is 5.73 Å². The quantitative estimate of drug-likeness (QED) is 0.461. The second kappa shape index (κ2) is 4.83. The maximum Gasteiger partial charge on any atom is 0.126 e. The van der Waals surface area contributed by atoms with Crippen molar-refractivity contribution >= 4 is 53.9 Å². The fourth-order valence-electron chi connectivity index (χ4n) is 2.46. The van der Waals surface area contributed by atoms with Crippen molar-refractivity contribution in [2.24, 2.45) is 0 Å². The summed E-state index contributed by atoms with van der Waals surface area (Å²) in [7, 11) is 0. The van der Waals surface area contributed by atoms with E-state index in [2.05, 4.69) is 40.2 Å². The second-order valence-corrected chi connectivity index (χ2v) is 6.86. The lowest BCUT2D eigenvalue weighted by atomic mass is 10.1. The Morgan fingerprint density at radius 2 is 1.71 bits per heavy atom. The number of rotatable bonds is 1.